The molecule has 10 heteroatoms. The Bertz CT molecular complexity index is 520. The Balaban J connectivity index is 3.41. The summed E-state index contributed by atoms with van der Waals surface area (Å²) in [5, 5.41) is 0. The highest BCUT2D eigenvalue weighted by Gasteiger charge is 2.74. The molecule has 0 heterocycles. The first-order chi connectivity index (χ1) is 7.35. The van der Waals surface area contributed by atoms with Gasteiger partial charge in [-0.25, -0.2) is 0 Å². The van der Waals surface area contributed by atoms with Gasteiger partial charge in [0.1, 0.15) is 0 Å². The van der Waals surface area contributed by atoms with Gasteiger partial charge < -0.3 is 0 Å². The Morgan fingerprint density at radius 1 is 0.824 bits per heavy atom. The molecule has 1 aromatic carbocycles. The summed E-state index contributed by atoms with van der Waals surface area (Å²) >= 11 is 11.9. The van der Waals surface area contributed by atoms with E-state index in [0.717, 1.165) is 0 Å². The second kappa shape index (κ2) is 3.89. The van der Waals surface area contributed by atoms with Gasteiger partial charge in [0.2, 0.25) is 0 Å². The minimum Gasteiger partial charge on any atom is -0.194 e. The molecule has 0 saturated heterocycles. The lowest BCUT2D eigenvalue weighted by molar-refractivity contribution is -0.360. The molecule has 0 N–H and O–H groups in total. The molecule has 0 aliphatic carbocycles. The fourth-order valence-electron chi connectivity index (χ4n) is 1.01. The van der Waals surface area contributed by atoms with Crippen LogP contribution in [0.4, 0.5) is 30.7 Å². The molecule has 96 valence electrons. The molecule has 0 atom stereocenters. The zero-order chi connectivity index (χ0) is 13.8. The Kier molecular flexibility index (Phi) is 3.39. The van der Waals surface area contributed by atoms with Gasteiger partial charge in [0.05, 0.1) is 14.6 Å². The maximum absolute atomic E-state index is 13.1. The molecule has 17 heavy (non-hydrogen) atoms. The van der Waals surface area contributed by atoms with Crippen LogP contribution in [0.2, 0.25) is 0 Å². The Hall–Kier alpha value is -0.220. The van der Waals surface area contributed by atoms with E-state index in [1.165, 1.54) is 0 Å². The Morgan fingerprint density at radius 2 is 1.24 bits per heavy atom. The largest absolute Gasteiger partial charge is 0.460 e. The lowest BCUT2D eigenvalue weighted by atomic mass is 9.99. The smallest absolute Gasteiger partial charge is 0.194 e. The average molecular weight is 314 g/mol. The molecule has 0 bridgehead atoms. The van der Waals surface area contributed by atoms with E-state index in [9.17, 15) is 30.7 Å². The molecule has 0 aromatic heterocycles. The highest BCUT2D eigenvalue weighted by atomic mass is 32.1. The van der Waals surface area contributed by atoms with Gasteiger partial charge in [0, 0.05) is 4.90 Å². The maximum Gasteiger partial charge on any atom is 0.460 e. The average Bonchev–Trinajstić information content (AvgIpc) is 2.15. The van der Waals surface area contributed by atoms with Crippen molar-refractivity contribution in [3.63, 3.8) is 0 Å². The minimum atomic E-state index is -6.40. The van der Waals surface area contributed by atoms with Crippen LogP contribution in [-0.4, -0.2) is 12.1 Å². The van der Waals surface area contributed by atoms with Gasteiger partial charge in [0.15, 0.2) is 0 Å². The van der Waals surface area contributed by atoms with Crippen LogP contribution >= 0.6 is 37.1 Å². The van der Waals surface area contributed by atoms with Gasteiger partial charge in [-0.15, -0.1) is 12.6 Å². The summed E-state index contributed by atoms with van der Waals surface area (Å²) in [7, 11) is 0. The summed E-state index contributed by atoms with van der Waals surface area (Å²) in [5.74, 6) is -11.7. The zero-order valence-corrected chi connectivity index (χ0v) is 9.94. The van der Waals surface area contributed by atoms with Crippen molar-refractivity contribution in [2.24, 2.45) is 0 Å². The van der Waals surface area contributed by atoms with Crippen molar-refractivity contribution in [3.8, 4) is 0 Å². The Morgan fingerprint density at radius 3 is 1.53 bits per heavy atom. The molecule has 0 saturated carbocycles. The number of hydrogen-bond acceptors (Lipinski definition) is 3. The molecule has 0 nitrogen and oxygen atoms in total. The lowest BCUT2D eigenvalue weighted by Gasteiger charge is -2.30. The summed E-state index contributed by atoms with van der Waals surface area (Å²) in [6.07, 6.45) is -6.40. The predicted molar refractivity (Wildman–Crippen MR) is 52.6 cm³/mol. The summed E-state index contributed by atoms with van der Waals surface area (Å²) in [5.41, 5.74) is -1.64. The third-order valence-corrected chi connectivity index (χ3v) is 3.49. The van der Waals surface area contributed by atoms with Crippen LogP contribution in [0.3, 0.4) is 0 Å². The van der Waals surface area contributed by atoms with E-state index >= 15 is 0 Å². The fourth-order valence-corrected chi connectivity index (χ4v) is 2.06. The fraction of sp³-hybridized carbons (Fsp3) is 0.429. The van der Waals surface area contributed by atoms with Crippen molar-refractivity contribution in [3.05, 3.63) is 14.6 Å². The summed E-state index contributed by atoms with van der Waals surface area (Å²) in [4.78, 5) is -0.807. The van der Waals surface area contributed by atoms with Crippen molar-refractivity contribution >= 4 is 37.1 Å². The third kappa shape index (κ3) is 1.89. The molecule has 0 spiro atoms. The quantitative estimate of drug-likeness (QED) is 0.481. The molecule has 1 aromatic rings. The van der Waals surface area contributed by atoms with E-state index < -0.39 is 37.5 Å². The van der Waals surface area contributed by atoms with Crippen LogP contribution in [0.25, 0.3) is 0 Å². The molecule has 0 amide bonds. The third-order valence-electron chi connectivity index (χ3n) is 1.95. The van der Waals surface area contributed by atoms with Gasteiger partial charge in [0.25, 0.3) is 0 Å². The molecular weight excluding hydrogens is 313 g/mol. The molecule has 0 unspecified atom stereocenters. The van der Waals surface area contributed by atoms with Crippen LogP contribution in [-0.2, 0) is 5.92 Å². The monoisotopic (exact) mass is 314 g/mol. The maximum atomic E-state index is 13.1. The van der Waals surface area contributed by atoms with Crippen molar-refractivity contribution in [1.82, 2.24) is 0 Å². The van der Waals surface area contributed by atoms with Crippen LogP contribution in [0.15, 0.2) is 4.90 Å². The van der Waals surface area contributed by atoms with Crippen molar-refractivity contribution in [1.29, 1.82) is 0 Å². The van der Waals surface area contributed by atoms with E-state index in [4.69, 9.17) is 0 Å². The number of hydrogen-bond donors (Lipinski definition) is 1. The standard InChI is InChI=1S/C7HF7S3/c8-5(9,6(10,11)7(12,13)14)1-2(15)4(17)3(1)16/h15H. The van der Waals surface area contributed by atoms with Crippen molar-refractivity contribution in [2.75, 3.05) is 0 Å². The Labute approximate surface area is 106 Å². The number of halogens is 7. The van der Waals surface area contributed by atoms with Crippen molar-refractivity contribution < 1.29 is 30.7 Å². The predicted octanol–water partition coefficient (Wildman–Crippen LogP) is 4.60. The first-order valence-electron chi connectivity index (χ1n) is 3.70. The topological polar surface area (TPSA) is 0 Å². The molecular formula is C7HF7S3. The second-order valence-electron chi connectivity index (χ2n) is 3.03. The minimum absolute atomic E-state index is 0.420. The van der Waals surface area contributed by atoms with Crippen molar-refractivity contribution in [2.45, 2.75) is 22.9 Å². The summed E-state index contributed by atoms with van der Waals surface area (Å²) in [6.45, 7) is 0. The number of rotatable bonds is 2. The van der Waals surface area contributed by atoms with Crippen LogP contribution in [0.5, 0.6) is 0 Å². The zero-order valence-electron chi connectivity index (χ0n) is 7.41. The highest BCUT2D eigenvalue weighted by molar-refractivity contribution is 7.81. The number of thiol groups is 1. The SMILES string of the molecule is FC(F)(F)C(F)(F)C(F)(F)c1c(S)c(=S)c1=S. The van der Waals surface area contributed by atoms with Gasteiger partial charge in [-0.05, 0) is 0 Å². The molecule has 0 aliphatic rings. The van der Waals surface area contributed by atoms with Crippen LogP contribution in [0.1, 0.15) is 5.56 Å². The van der Waals surface area contributed by atoms with E-state index in [2.05, 4.69) is 37.1 Å². The van der Waals surface area contributed by atoms with E-state index in [1.54, 1.807) is 0 Å². The van der Waals surface area contributed by atoms with Gasteiger partial charge in [-0.1, -0.05) is 24.4 Å². The first kappa shape index (κ1) is 14.8. The van der Waals surface area contributed by atoms with Gasteiger partial charge >= 0.3 is 18.0 Å². The van der Waals surface area contributed by atoms with E-state index in [0.29, 0.717) is 0 Å². The van der Waals surface area contributed by atoms with Gasteiger partial charge in [-0.3, -0.25) is 0 Å². The molecule has 0 fully saturated rings. The van der Waals surface area contributed by atoms with Crippen LogP contribution < -0.4 is 0 Å². The lowest BCUT2D eigenvalue weighted by Crippen LogP contribution is -2.50. The van der Waals surface area contributed by atoms with Gasteiger partial charge in [-0.2, -0.15) is 30.7 Å². The summed E-state index contributed by atoms with van der Waals surface area (Å²) in [6, 6.07) is 0. The normalized spacial score (nSPS) is 14.4. The first-order valence-corrected chi connectivity index (χ1v) is 4.97. The second-order valence-corrected chi connectivity index (χ2v) is 4.29. The molecule has 0 aliphatic heterocycles. The highest BCUT2D eigenvalue weighted by Crippen LogP contribution is 2.54. The van der Waals surface area contributed by atoms with E-state index in [-0.39, 0.29) is 0 Å². The molecule has 1 rings (SSSR count). The number of alkyl halides is 7. The van der Waals surface area contributed by atoms with Crippen LogP contribution in [0, 0.1) is 9.02 Å². The summed E-state index contributed by atoms with van der Waals surface area (Å²) < 4.78 is 85.6. The van der Waals surface area contributed by atoms with E-state index in [1.807, 2.05) is 0 Å². The molecule has 0 radical (unpaired) electrons.